The first-order valence-electron chi connectivity index (χ1n) is 27.0. The largest absolute Gasteiger partial charge is 0.457 e. The maximum Gasteiger partial charge on any atom is 0.137 e. The van der Waals surface area contributed by atoms with Gasteiger partial charge in [0.15, 0.2) is 0 Å². The average molecular weight is 999 g/mol. The monoisotopic (exact) mass is 998 g/mol. The van der Waals surface area contributed by atoms with E-state index in [0.717, 1.165) is 92.4 Å². The summed E-state index contributed by atoms with van der Waals surface area (Å²) in [4.78, 5) is 15.6. The highest BCUT2D eigenvalue weighted by molar-refractivity contribution is 6.09. The fourth-order valence-corrected chi connectivity index (χ4v) is 12.0. The van der Waals surface area contributed by atoms with Crippen LogP contribution in [0.1, 0.15) is 50.6 Å². The van der Waals surface area contributed by atoms with E-state index in [9.17, 15) is 0 Å². The molecule has 0 saturated heterocycles. The minimum atomic E-state index is -0.183. The molecule has 0 aliphatic carbocycles. The predicted octanol–water partition coefficient (Wildman–Crippen LogP) is 18.2. The molecule has 0 amide bonds. The summed E-state index contributed by atoms with van der Waals surface area (Å²) >= 11 is 0. The van der Waals surface area contributed by atoms with Gasteiger partial charge in [-0.2, -0.15) is 0 Å². The Labute approximate surface area is 449 Å². The lowest BCUT2D eigenvalue weighted by atomic mass is 9.86. The van der Waals surface area contributed by atoms with E-state index in [2.05, 4.69) is 259 Å². The first kappa shape index (κ1) is 46.3. The summed E-state index contributed by atoms with van der Waals surface area (Å²) in [6, 6.07) is 76.5. The molecule has 3 aromatic heterocycles. The van der Waals surface area contributed by atoms with Gasteiger partial charge < -0.3 is 19.1 Å². The van der Waals surface area contributed by atoms with Crippen LogP contribution in [-0.2, 0) is 18.4 Å². The lowest BCUT2D eigenvalue weighted by molar-refractivity contribution is 0.479. The number of hydrogen-bond acceptors (Lipinski definition) is 5. The Hall–Kier alpha value is -9.20. The molecule has 0 unspecified atom stereocenters. The smallest absolute Gasteiger partial charge is 0.137 e. The van der Waals surface area contributed by atoms with Gasteiger partial charge in [0.2, 0.25) is 0 Å². The molecule has 374 valence electrons. The summed E-state index contributed by atoms with van der Waals surface area (Å²) < 4.78 is 11.9. The molecule has 77 heavy (non-hydrogen) atoms. The molecular formula is C70H58N6O. The third-order valence-corrected chi connectivity index (χ3v) is 15.9. The molecule has 12 aromatic rings. The number of anilines is 4. The van der Waals surface area contributed by atoms with Crippen molar-refractivity contribution in [3.05, 3.63) is 235 Å². The van der Waals surface area contributed by atoms with Crippen LogP contribution in [-0.4, -0.2) is 25.8 Å². The summed E-state index contributed by atoms with van der Waals surface area (Å²) in [7, 11) is 0. The third kappa shape index (κ3) is 8.13. The van der Waals surface area contributed by atoms with Crippen molar-refractivity contribution in [2.75, 3.05) is 16.5 Å². The number of fused-ring (bicyclic) bond motifs is 7. The van der Waals surface area contributed by atoms with Gasteiger partial charge in [0.1, 0.15) is 29.8 Å². The molecule has 0 bridgehead atoms. The molecule has 2 aliphatic rings. The fraction of sp³-hybridized carbons (Fsp3) is 0.143. The summed E-state index contributed by atoms with van der Waals surface area (Å²) in [5.74, 6) is 3.56. The number of nitrogens with zero attached hydrogens (tertiary/aromatic N) is 6. The molecule has 7 nitrogen and oxygen atoms in total. The Bertz CT molecular complexity index is 4170. The molecule has 0 saturated carbocycles. The Morgan fingerprint density at radius 1 is 0.494 bits per heavy atom. The van der Waals surface area contributed by atoms with Crippen molar-refractivity contribution in [2.24, 2.45) is 0 Å². The second-order valence-corrected chi connectivity index (χ2v) is 21.8. The van der Waals surface area contributed by atoms with Gasteiger partial charge >= 0.3 is 0 Å². The summed E-state index contributed by atoms with van der Waals surface area (Å²) in [5, 5.41) is 2.31. The zero-order valence-corrected chi connectivity index (χ0v) is 43.9. The second kappa shape index (κ2) is 18.6. The quantitative estimate of drug-likeness (QED) is 0.144. The van der Waals surface area contributed by atoms with Gasteiger partial charge in [-0.05, 0) is 113 Å². The maximum absolute atomic E-state index is 7.15. The van der Waals surface area contributed by atoms with E-state index < -0.39 is 0 Å². The van der Waals surface area contributed by atoms with Gasteiger partial charge in [-0.25, -0.2) is 9.97 Å². The number of para-hydroxylation sites is 2. The summed E-state index contributed by atoms with van der Waals surface area (Å²) in [6.45, 7) is 10.6. The van der Waals surface area contributed by atoms with Crippen LogP contribution in [0.5, 0.6) is 11.5 Å². The van der Waals surface area contributed by atoms with Crippen LogP contribution in [0, 0.1) is 6.92 Å². The normalized spacial score (nSPS) is 13.4. The van der Waals surface area contributed by atoms with Gasteiger partial charge in [0.05, 0.1) is 39.1 Å². The number of hydrogen-bond donors (Lipinski definition) is 0. The molecule has 2 aliphatic heterocycles. The number of benzene rings is 9. The zero-order chi connectivity index (χ0) is 51.8. The molecule has 0 spiro atoms. The number of rotatable bonds is 9. The first-order chi connectivity index (χ1) is 37.7. The number of ether oxygens (including phenoxy) is 1. The first-order valence-corrected chi connectivity index (χ1v) is 27.0. The van der Waals surface area contributed by atoms with Gasteiger partial charge in [-0.3, -0.25) is 4.57 Å². The number of pyridine rings is 1. The van der Waals surface area contributed by atoms with E-state index in [-0.39, 0.29) is 5.41 Å². The topological polar surface area (TPSA) is 51.4 Å². The van der Waals surface area contributed by atoms with E-state index in [4.69, 9.17) is 14.7 Å². The second-order valence-electron chi connectivity index (χ2n) is 21.8. The van der Waals surface area contributed by atoms with Crippen molar-refractivity contribution in [3.8, 4) is 61.8 Å². The van der Waals surface area contributed by atoms with Crippen molar-refractivity contribution in [1.82, 2.24) is 19.1 Å². The van der Waals surface area contributed by atoms with E-state index in [1.54, 1.807) is 0 Å². The Kier molecular flexibility index (Phi) is 11.2. The lowest BCUT2D eigenvalue weighted by Gasteiger charge is -2.28. The van der Waals surface area contributed by atoms with Crippen molar-refractivity contribution in [3.63, 3.8) is 0 Å². The van der Waals surface area contributed by atoms with E-state index in [0.29, 0.717) is 6.67 Å². The van der Waals surface area contributed by atoms with Gasteiger partial charge in [0.25, 0.3) is 0 Å². The van der Waals surface area contributed by atoms with Crippen LogP contribution in [0.4, 0.5) is 22.7 Å². The Balaban J connectivity index is 0.893. The minimum absolute atomic E-state index is 0.183. The maximum atomic E-state index is 7.15. The van der Waals surface area contributed by atoms with Crippen LogP contribution in [0.25, 0.3) is 83.2 Å². The molecule has 0 atom stereocenters. The van der Waals surface area contributed by atoms with E-state index in [1.807, 2.05) is 6.20 Å². The highest BCUT2D eigenvalue weighted by Gasteiger charge is 2.34. The Morgan fingerprint density at radius 2 is 1.13 bits per heavy atom. The lowest BCUT2D eigenvalue weighted by Crippen LogP contribution is -2.25. The molecular weight excluding hydrogens is 941 g/mol. The molecule has 14 rings (SSSR count). The van der Waals surface area contributed by atoms with E-state index in [1.165, 1.54) is 67.8 Å². The van der Waals surface area contributed by atoms with Gasteiger partial charge in [0, 0.05) is 64.4 Å². The number of imidazole rings is 1. The highest BCUT2D eigenvalue weighted by atomic mass is 16.5. The molecule has 0 radical (unpaired) electrons. The van der Waals surface area contributed by atoms with Crippen molar-refractivity contribution in [2.45, 2.75) is 58.9 Å². The average Bonchev–Trinajstić information content (AvgIpc) is 4.21. The predicted molar refractivity (Wildman–Crippen MR) is 319 cm³/mol. The van der Waals surface area contributed by atoms with Crippen molar-refractivity contribution >= 4 is 55.6 Å². The number of aromatic nitrogens is 4. The van der Waals surface area contributed by atoms with Gasteiger partial charge in [-0.1, -0.05) is 172 Å². The van der Waals surface area contributed by atoms with Gasteiger partial charge in [-0.15, -0.1) is 0 Å². The fourth-order valence-electron chi connectivity index (χ4n) is 12.0. The molecule has 9 aromatic carbocycles. The molecule has 0 fully saturated rings. The zero-order valence-electron chi connectivity index (χ0n) is 43.9. The van der Waals surface area contributed by atoms with Crippen LogP contribution in [0.15, 0.2) is 219 Å². The Morgan fingerprint density at radius 3 is 1.84 bits per heavy atom. The van der Waals surface area contributed by atoms with E-state index >= 15 is 0 Å². The highest BCUT2D eigenvalue weighted by Crippen LogP contribution is 2.52. The third-order valence-electron chi connectivity index (χ3n) is 15.9. The SMILES string of the molecule is Cc1cc(-n2c3ccccc3c3ccc(Oc4cc(N5CN(c6c(-c7ccccc7)cccc6-c6ccccc6)c6cc7c(cc65)nc5n7CCCC5)cc(C(C)(C)C)c4)cc32)ncc1-c1ccccc1-c1ccccc1. The summed E-state index contributed by atoms with van der Waals surface area (Å²) in [6.07, 6.45) is 5.36. The molecule has 0 N–H and O–H groups in total. The molecule has 5 heterocycles. The summed E-state index contributed by atoms with van der Waals surface area (Å²) in [5.41, 5.74) is 20.4. The minimum Gasteiger partial charge on any atom is -0.457 e. The number of aryl methyl sites for hydroxylation is 3. The van der Waals surface area contributed by atoms with Crippen molar-refractivity contribution < 1.29 is 4.74 Å². The van der Waals surface area contributed by atoms with Crippen LogP contribution in [0.3, 0.4) is 0 Å². The molecule has 7 heteroatoms. The van der Waals surface area contributed by atoms with Crippen LogP contribution < -0.4 is 14.5 Å². The standard InChI is InChI=1S/C70H58N6O/c1-46-37-68(71-44-60(46)57-28-15-14-27-54(57)47-21-8-5-9-22-47)76-62-32-17-16-29-58(62)59-35-34-52(41-63(59)76)77-53-39-50(70(2,3)4)38-51(40-53)74-45-75(66-43-64-61(42-65(66)74)72-67-33-18-19-36-73(64)67)69-55(48-23-10-6-11-24-48)30-20-31-56(69)49-25-12-7-13-26-49/h5-17,20-32,34-35,37-44H,18-19,33,36,45H2,1-4H3. The van der Waals surface area contributed by atoms with Crippen LogP contribution >= 0.6 is 0 Å². The van der Waals surface area contributed by atoms with Crippen molar-refractivity contribution in [1.29, 1.82) is 0 Å². The van der Waals surface area contributed by atoms with Crippen LogP contribution in [0.2, 0.25) is 0 Å².